The zero-order valence-electron chi connectivity index (χ0n) is 22.0. The lowest BCUT2D eigenvalue weighted by Crippen LogP contribution is -2.00. The Kier molecular flexibility index (Phi) is 5.42. The standard InChI is InChI=1S/C37H23N3O/c1-4-12-24(13-5-1)27-20-21-32-31(22-27)34-29-19-11-10-18-28(29)30(23-33(34)41-32)37-39-35(25-14-6-2-7-15-25)38-36(40-37)26-16-8-3-9-17-26/h1-23H. The van der Waals surface area contributed by atoms with Crippen LogP contribution in [0.3, 0.4) is 0 Å². The summed E-state index contributed by atoms with van der Waals surface area (Å²) in [5.74, 6) is 1.88. The summed E-state index contributed by atoms with van der Waals surface area (Å²) in [7, 11) is 0. The summed E-state index contributed by atoms with van der Waals surface area (Å²) < 4.78 is 6.47. The smallest absolute Gasteiger partial charge is 0.164 e. The molecule has 0 bridgehead atoms. The lowest BCUT2D eigenvalue weighted by molar-refractivity contribution is 0.669. The second-order valence-corrected chi connectivity index (χ2v) is 10.1. The average molecular weight is 526 g/mol. The molecule has 4 nitrogen and oxygen atoms in total. The molecule has 8 rings (SSSR count). The summed E-state index contributed by atoms with van der Waals surface area (Å²) in [4.78, 5) is 14.9. The predicted octanol–water partition coefficient (Wildman–Crippen LogP) is 9.59. The van der Waals surface area contributed by atoms with E-state index in [1.165, 1.54) is 5.56 Å². The van der Waals surface area contributed by atoms with Crippen LogP contribution in [-0.2, 0) is 0 Å². The molecule has 0 amide bonds. The van der Waals surface area contributed by atoms with E-state index in [4.69, 9.17) is 19.4 Å². The number of aromatic nitrogens is 3. The molecule has 0 aliphatic carbocycles. The number of hydrogen-bond acceptors (Lipinski definition) is 4. The van der Waals surface area contributed by atoms with E-state index >= 15 is 0 Å². The third-order valence-corrected chi connectivity index (χ3v) is 7.52. The van der Waals surface area contributed by atoms with E-state index in [0.29, 0.717) is 17.5 Å². The number of fused-ring (bicyclic) bond motifs is 5. The molecule has 192 valence electrons. The Hall–Kier alpha value is -5.61. The molecular weight excluding hydrogens is 502 g/mol. The van der Waals surface area contributed by atoms with Crippen LogP contribution in [0.15, 0.2) is 144 Å². The number of rotatable bonds is 4. The quantitative estimate of drug-likeness (QED) is 0.230. The Morgan fingerprint density at radius 3 is 1.54 bits per heavy atom. The topological polar surface area (TPSA) is 51.8 Å². The highest BCUT2D eigenvalue weighted by atomic mass is 16.3. The van der Waals surface area contributed by atoms with Gasteiger partial charge in [-0.2, -0.15) is 0 Å². The number of nitrogens with zero attached hydrogens (tertiary/aromatic N) is 3. The monoisotopic (exact) mass is 525 g/mol. The molecule has 0 N–H and O–H groups in total. The van der Waals surface area contributed by atoms with Crippen molar-refractivity contribution in [1.82, 2.24) is 15.0 Å². The normalized spacial score (nSPS) is 11.4. The molecule has 0 atom stereocenters. The predicted molar refractivity (Wildman–Crippen MR) is 166 cm³/mol. The van der Waals surface area contributed by atoms with Crippen molar-refractivity contribution in [2.75, 3.05) is 0 Å². The molecule has 0 fully saturated rings. The Morgan fingerprint density at radius 2 is 0.902 bits per heavy atom. The fourth-order valence-corrected chi connectivity index (χ4v) is 5.57. The maximum Gasteiger partial charge on any atom is 0.164 e. The van der Waals surface area contributed by atoms with Crippen molar-refractivity contribution >= 4 is 32.7 Å². The van der Waals surface area contributed by atoms with Crippen molar-refractivity contribution < 1.29 is 4.42 Å². The van der Waals surface area contributed by atoms with Crippen LogP contribution in [0.25, 0.3) is 78.0 Å². The molecule has 0 unspecified atom stereocenters. The number of benzene rings is 6. The first-order valence-corrected chi connectivity index (χ1v) is 13.6. The molecule has 2 aromatic heterocycles. The van der Waals surface area contributed by atoms with Gasteiger partial charge >= 0.3 is 0 Å². The Morgan fingerprint density at radius 1 is 0.366 bits per heavy atom. The lowest BCUT2D eigenvalue weighted by Gasteiger charge is -2.11. The van der Waals surface area contributed by atoms with Gasteiger partial charge in [-0.1, -0.05) is 121 Å². The van der Waals surface area contributed by atoms with Crippen LogP contribution in [0.2, 0.25) is 0 Å². The van der Waals surface area contributed by atoms with Crippen LogP contribution >= 0.6 is 0 Å². The van der Waals surface area contributed by atoms with E-state index in [2.05, 4.69) is 72.8 Å². The van der Waals surface area contributed by atoms with Gasteiger partial charge in [0.1, 0.15) is 11.2 Å². The Balaban J connectivity index is 1.40. The fourth-order valence-electron chi connectivity index (χ4n) is 5.57. The maximum absolute atomic E-state index is 6.47. The zero-order valence-corrected chi connectivity index (χ0v) is 22.0. The molecular formula is C37H23N3O. The summed E-state index contributed by atoms with van der Waals surface area (Å²) in [5.41, 5.74) is 6.79. The molecule has 0 aliphatic rings. The fraction of sp³-hybridized carbons (Fsp3) is 0. The van der Waals surface area contributed by atoms with Gasteiger partial charge in [-0.25, -0.2) is 15.0 Å². The van der Waals surface area contributed by atoms with Gasteiger partial charge in [-0.3, -0.25) is 0 Å². The molecule has 41 heavy (non-hydrogen) atoms. The molecule has 4 heteroatoms. The summed E-state index contributed by atoms with van der Waals surface area (Å²) in [6, 6.07) is 47.5. The third kappa shape index (κ3) is 4.05. The highest BCUT2D eigenvalue weighted by Crippen LogP contribution is 2.41. The van der Waals surface area contributed by atoms with Crippen molar-refractivity contribution in [3.05, 3.63) is 140 Å². The summed E-state index contributed by atoms with van der Waals surface area (Å²) in [6.45, 7) is 0. The second kappa shape index (κ2) is 9.54. The van der Waals surface area contributed by atoms with E-state index in [1.807, 2.05) is 66.7 Å². The molecule has 6 aromatic carbocycles. The van der Waals surface area contributed by atoms with Gasteiger partial charge in [-0.15, -0.1) is 0 Å². The molecule has 0 saturated carbocycles. The molecule has 8 aromatic rings. The SMILES string of the molecule is c1ccc(-c2ccc3oc4cc(-c5nc(-c6ccccc6)nc(-c6ccccc6)n5)c5ccccc5c4c3c2)cc1. The maximum atomic E-state index is 6.47. The first-order valence-electron chi connectivity index (χ1n) is 13.6. The lowest BCUT2D eigenvalue weighted by atomic mass is 9.97. The molecule has 0 spiro atoms. The molecule has 0 aliphatic heterocycles. The van der Waals surface area contributed by atoms with Crippen LogP contribution in [0, 0.1) is 0 Å². The highest BCUT2D eigenvalue weighted by molar-refractivity contribution is 6.22. The highest BCUT2D eigenvalue weighted by Gasteiger charge is 2.19. The first kappa shape index (κ1) is 23.3. The molecule has 0 radical (unpaired) electrons. The van der Waals surface area contributed by atoms with Gasteiger partial charge in [0.15, 0.2) is 17.5 Å². The molecule has 2 heterocycles. The van der Waals surface area contributed by atoms with Crippen LogP contribution in [0.5, 0.6) is 0 Å². The summed E-state index contributed by atoms with van der Waals surface area (Å²) in [5, 5.41) is 4.36. The van der Waals surface area contributed by atoms with E-state index in [0.717, 1.165) is 55.0 Å². The van der Waals surface area contributed by atoms with Crippen LogP contribution < -0.4 is 0 Å². The number of hydrogen-bond donors (Lipinski definition) is 0. The number of furan rings is 1. The van der Waals surface area contributed by atoms with Crippen LogP contribution in [0.1, 0.15) is 0 Å². The third-order valence-electron chi connectivity index (χ3n) is 7.52. The van der Waals surface area contributed by atoms with Gasteiger partial charge in [0.05, 0.1) is 0 Å². The van der Waals surface area contributed by atoms with E-state index in [9.17, 15) is 0 Å². The van der Waals surface area contributed by atoms with Gasteiger partial charge in [0, 0.05) is 27.5 Å². The Labute approximate surface area is 236 Å². The Bertz CT molecular complexity index is 2130. The van der Waals surface area contributed by atoms with Gasteiger partial charge in [0.25, 0.3) is 0 Å². The van der Waals surface area contributed by atoms with E-state index in [1.54, 1.807) is 0 Å². The zero-order chi connectivity index (χ0) is 27.2. The molecule has 0 saturated heterocycles. The largest absolute Gasteiger partial charge is 0.456 e. The minimum Gasteiger partial charge on any atom is -0.456 e. The van der Waals surface area contributed by atoms with Crippen LogP contribution in [-0.4, -0.2) is 15.0 Å². The van der Waals surface area contributed by atoms with Crippen molar-refractivity contribution in [3.63, 3.8) is 0 Å². The van der Waals surface area contributed by atoms with Crippen molar-refractivity contribution in [2.45, 2.75) is 0 Å². The summed E-state index contributed by atoms with van der Waals surface area (Å²) in [6.07, 6.45) is 0. The minimum atomic E-state index is 0.612. The van der Waals surface area contributed by atoms with Crippen molar-refractivity contribution in [1.29, 1.82) is 0 Å². The summed E-state index contributed by atoms with van der Waals surface area (Å²) >= 11 is 0. The van der Waals surface area contributed by atoms with Crippen molar-refractivity contribution in [2.24, 2.45) is 0 Å². The van der Waals surface area contributed by atoms with Gasteiger partial charge < -0.3 is 4.42 Å². The van der Waals surface area contributed by atoms with E-state index in [-0.39, 0.29) is 0 Å². The van der Waals surface area contributed by atoms with E-state index < -0.39 is 0 Å². The minimum absolute atomic E-state index is 0.612. The van der Waals surface area contributed by atoms with Gasteiger partial charge in [-0.05, 0) is 40.1 Å². The van der Waals surface area contributed by atoms with Gasteiger partial charge in [0.2, 0.25) is 0 Å². The second-order valence-electron chi connectivity index (χ2n) is 10.1. The first-order chi connectivity index (χ1) is 20.3. The average Bonchev–Trinajstić information content (AvgIpc) is 3.43. The van der Waals surface area contributed by atoms with Crippen molar-refractivity contribution in [3.8, 4) is 45.3 Å². The van der Waals surface area contributed by atoms with Crippen LogP contribution in [0.4, 0.5) is 0 Å².